The average Bonchev–Trinajstić information content (AvgIpc) is 3.06. The summed E-state index contributed by atoms with van der Waals surface area (Å²) in [5.41, 5.74) is 4.26. The van der Waals surface area contributed by atoms with E-state index in [0.717, 1.165) is 34.4 Å². The molecule has 0 atom stereocenters. The third kappa shape index (κ3) is 3.50. The number of pyridine rings is 2. The zero-order valence-electron chi connectivity index (χ0n) is 13.5. The van der Waals surface area contributed by atoms with Gasteiger partial charge in [-0.3, -0.25) is 0 Å². The lowest BCUT2D eigenvalue weighted by molar-refractivity contribution is 0.627. The van der Waals surface area contributed by atoms with Gasteiger partial charge in [-0.15, -0.1) is 0 Å². The summed E-state index contributed by atoms with van der Waals surface area (Å²) >= 11 is 0. The average molecular weight is 332 g/mol. The molecule has 0 bridgehead atoms. The van der Waals surface area contributed by atoms with Gasteiger partial charge < -0.3 is 10.3 Å². The van der Waals surface area contributed by atoms with E-state index in [4.69, 9.17) is 0 Å². The Bertz CT molecular complexity index is 975. The molecule has 0 aliphatic carbocycles. The fourth-order valence-corrected chi connectivity index (χ4v) is 2.81. The number of H-pyrrole nitrogens is 1. The van der Waals surface area contributed by atoms with Crippen molar-refractivity contribution in [1.82, 2.24) is 15.0 Å². The van der Waals surface area contributed by atoms with Gasteiger partial charge in [0, 0.05) is 36.9 Å². The number of halogens is 1. The Labute approximate surface area is 144 Å². The summed E-state index contributed by atoms with van der Waals surface area (Å²) in [6, 6.07) is 14.5. The van der Waals surface area contributed by atoms with E-state index in [1.807, 2.05) is 24.5 Å². The SMILES string of the molecule is Fc1ccc(CNc2ccc(Cc3c[nH]c4ncccc34)cn2)cc1. The van der Waals surface area contributed by atoms with Crippen LogP contribution in [0.3, 0.4) is 0 Å². The van der Waals surface area contributed by atoms with Crippen LogP contribution in [0.15, 0.2) is 67.1 Å². The number of nitrogens with one attached hydrogen (secondary N) is 2. The molecule has 0 amide bonds. The molecule has 4 rings (SSSR count). The van der Waals surface area contributed by atoms with Crippen molar-refractivity contribution in [2.45, 2.75) is 13.0 Å². The minimum atomic E-state index is -0.223. The van der Waals surface area contributed by atoms with E-state index >= 15 is 0 Å². The first kappa shape index (κ1) is 15.3. The van der Waals surface area contributed by atoms with E-state index in [0.29, 0.717) is 6.54 Å². The molecule has 3 heterocycles. The summed E-state index contributed by atoms with van der Waals surface area (Å²) in [5.74, 6) is 0.576. The molecular weight excluding hydrogens is 315 g/mol. The first-order valence-electron chi connectivity index (χ1n) is 8.12. The van der Waals surface area contributed by atoms with Crippen LogP contribution in [0, 0.1) is 5.82 Å². The molecule has 3 aromatic heterocycles. The number of nitrogens with zero attached hydrogens (tertiary/aromatic N) is 2. The number of fused-ring (bicyclic) bond motifs is 1. The standard InChI is InChI=1S/C20H17FN4/c21-17-6-3-14(4-7-17)11-23-19-8-5-15(12-24-19)10-16-13-25-20-18(16)2-1-9-22-20/h1-9,12-13H,10-11H2,(H,22,25)(H,23,24). The Morgan fingerprint density at radius 1 is 0.960 bits per heavy atom. The van der Waals surface area contributed by atoms with Gasteiger partial charge in [0.25, 0.3) is 0 Å². The van der Waals surface area contributed by atoms with Gasteiger partial charge in [0.1, 0.15) is 17.3 Å². The number of hydrogen-bond acceptors (Lipinski definition) is 3. The smallest absolute Gasteiger partial charge is 0.137 e. The molecule has 0 saturated heterocycles. The zero-order valence-corrected chi connectivity index (χ0v) is 13.5. The van der Waals surface area contributed by atoms with E-state index in [-0.39, 0.29) is 5.82 Å². The lowest BCUT2D eigenvalue weighted by Gasteiger charge is -2.07. The molecule has 4 nitrogen and oxygen atoms in total. The lowest BCUT2D eigenvalue weighted by Crippen LogP contribution is -2.01. The third-order valence-corrected chi connectivity index (χ3v) is 4.14. The van der Waals surface area contributed by atoms with E-state index in [9.17, 15) is 4.39 Å². The predicted octanol–water partition coefficient (Wildman–Crippen LogP) is 4.30. The molecule has 0 fully saturated rings. The third-order valence-electron chi connectivity index (χ3n) is 4.14. The second kappa shape index (κ2) is 6.73. The first-order chi connectivity index (χ1) is 12.3. The van der Waals surface area contributed by atoms with Crippen molar-refractivity contribution < 1.29 is 4.39 Å². The Kier molecular flexibility index (Phi) is 4.12. The number of anilines is 1. The van der Waals surface area contributed by atoms with Crippen LogP contribution in [-0.2, 0) is 13.0 Å². The van der Waals surface area contributed by atoms with Gasteiger partial charge in [-0.25, -0.2) is 14.4 Å². The quantitative estimate of drug-likeness (QED) is 0.573. The Morgan fingerprint density at radius 3 is 2.60 bits per heavy atom. The molecule has 124 valence electrons. The van der Waals surface area contributed by atoms with Gasteiger partial charge in [0.05, 0.1) is 0 Å². The molecule has 0 radical (unpaired) electrons. The summed E-state index contributed by atoms with van der Waals surface area (Å²) in [6.45, 7) is 0.612. The summed E-state index contributed by atoms with van der Waals surface area (Å²) in [7, 11) is 0. The number of aromatic amines is 1. The molecule has 0 saturated carbocycles. The van der Waals surface area contributed by atoms with Gasteiger partial charge in [0.2, 0.25) is 0 Å². The highest BCUT2D eigenvalue weighted by Crippen LogP contribution is 2.19. The summed E-state index contributed by atoms with van der Waals surface area (Å²) < 4.78 is 12.9. The van der Waals surface area contributed by atoms with Crippen LogP contribution >= 0.6 is 0 Å². The minimum absolute atomic E-state index is 0.223. The highest BCUT2D eigenvalue weighted by Gasteiger charge is 2.05. The summed E-state index contributed by atoms with van der Waals surface area (Å²) in [4.78, 5) is 12.0. The van der Waals surface area contributed by atoms with E-state index in [1.165, 1.54) is 17.7 Å². The maximum atomic E-state index is 12.9. The van der Waals surface area contributed by atoms with Gasteiger partial charge in [0.15, 0.2) is 0 Å². The fraction of sp³-hybridized carbons (Fsp3) is 0.100. The zero-order chi connectivity index (χ0) is 17.1. The molecule has 0 aliphatic heterocycles. The van der Waals surface area contributed by atoms with Gasteiger partial charge in [-0.2, -0.15) is 0 Å². The normalized spacial score (nSPS) is 10.9. The maximum Gasteiger partial charge on any atom is 0.137 e. The van der Waals surface area contributed by atoms with Crippen LogP contribution in [0.2, 0.25) is 0 Å². The molecule has 0 aliphatic rings. The van der Waals surface area contributed by atoms with Gasteiger partial charge in [-0.1, -0.05) is 18.2 Å². The second-order valence-electron chi connectivity index (χ2n) is 5.92. The number of rotatable bonds is 5. The number of aromatic nitrogens is 3. The highest BCUT2D eigenvalue weighted by atomic mass is 19.1. The van der Waals surface area contributed by atoms with Crippen LogP contribution in [-0.4, -0.2) is 15.0 Å². The van der Waals surface area contributed by atoms with Crippen LogP contribution in [0.5, 0.6) is 0 Å². The van der Waals surface area contributed by atoms with Crippen molar-refractivity contribution in [2.24, 2.45) is 0 Å². The Balaban J connectivity index is 1.42. The summed E-state index contributed by atoms with van der Waals surface area (Å²) in [6.07, 6.45) is 6.46. The predicted molar refractivity (Wildman–Crippen MR) is 96.9 cm³/mol. The number of hydrogen-bond donors (Lipinski definition) is 2. The molecule has 0 unspecified atom stereocenters. The molecular formula is C20H17FN4. The topological polar surface area (TPSA) is 53.6 Å². The van der Waals surface area contributed by atoms with Crippen LogP contribution in [0.1, 0.15) is 16.7 Å². The number of benzene rings is 1. The van der Waals surface area contributed by atoms with Crippen molar-refractivity contribution in [3.05, 3.63) is 89.6 Å². The van der Waals surface area contributed by atoms with Crippen LogP contribution in [0.25, 0.3) is 11.0 Å². The molecule has 1 aromatic carbocycles. The van der Waals surface area contributed by atoms with Crippen molar-refractivity contribution in [1.29, 1.82) is 0 Å². The molecule has 0 spiro atoms. The van der Waals surface area contributed by atoms with Crippen molar-refractivity contribution in [3.8, 4) is 0 Å². The van der Waals surface area contributed by atoms with E-state index in [2.05, 4.69) is 32.4 Å². The van der Waals surface area contributed by atoms with Crippen LogP contribution in [0.4, 0.5) is 10.2 Å². The maximum absolute atomic E-state index is 12.9. The highest BCUT2D eigenvalue weighted by molar-refractivity contribution is 5.79. The van der Waals surface area contributed by atoms with E-state index < -0.39 is 0 Å². The summed E-state index contributed by atoms with van der Waals surface area (Å²) in [5, 5.41) is 4.39. The molecule has 4 aromatic rings. The fourth-order valence-electron chi connectivity index (χ4n) is 2.81. The van der Waals surface area contributed by atoms with Gasteiger partial charge >= 0.3 is 0 Å². The lowest BCUT2D eigenvalue weighted by atomic mass is 10.1. The molecule has 25 heavy (non-hydrogen) atoms. The minimum Gasteiger partial charge on any atom is -0.366 e. The van der Waals surface area contributed by atoms with Crippen molar-refractivity contribution in [2.75, 3.05) is 5.32 Å². The second-order valence-corrected chi connectivity index (χ2v) is 5.92. The van der Waals surface area contributed by atoms with Crippen molar-refractivity contribution in [3.63, 3.8) is 0 Å². The van der Waals surface area contributed by atoms with Crippen molar-refractivity contribution >= 4 is 16.9 Å². The Hall–Kier alpha value is -3.21. The monoisotopic (exact) mass is 332 g/mol. The Morgan fingerprint density at radius 2 is 1.80 bits per heavy atom. The van der Waals surface area contributed by atoms with Gasteiger partial charge in [-0.05, 0) is 47.0 Å². The van der Waals surface area contributed by atoms with Crippen LogP contribution < -0.4 is 5.32 Å². The molecule has 2 N–H and O–H groups in total. The first-order valence-corrected chi connectivity index (χ1v) is 8.12. The molecule has 5 heteroatoms. The van der Waals surface area contributed by atoms with E-state index in [1.54, 1.807) is 18.3 Å². The largest absolute Gasteiger partial charge is 0.366 e.